The average molecular weight is 485 g/mol. The minimum atomic E-state index is -3.58. The summed E-state index contributed by atoms with van der Waals surface area (Å²) in [5.74, 6) is 0.912. The number of allylic oxidation sites excluding steroid dienone is 1. The van der Waals surface area contributed by atoms with Crippen molar-refractivity contribution in [2.75, 3.05) is 18.0 Å². The first-order valence-electron chi connectivity index (χ1n) is 11.0. The second-order valence-corrected chi connectivity index (χ2v) is 10.5. The molecule has 3 heterocycles. The third-order valence-corrected chi connectivity index (χ3v) is 7.92. The number of piperidine rings is 1. The van der Waals surface area contributed by atoms with Crippen LogP contribution in [0.4, 0.5) is 5.82 Å². The molecule has 8 nitrogen and oxygen atoms in total. The van der Waals surface area contributed by atoms with Crippen molar-refractivity contribution in [2.24, 2.45) is 0 Å². The Balaban J connectivity index is 1.28. The molecule has 0 amide bonds. The summed E-state index contributed by atoms with van der Waals surface area (Å²) in [5, 5.41) is 4.79. The summed E-state index contributed by atoms with van der Waals surface area (Å²) in [6.45, 7) is 3.99. The lowest BCUT2D eigenvalue weighted by atomic mass is 10.1. The normalized spacial score (nSPS) is 16.7. The molecule has 1 aliphatic carbocycles. The van der Waals surface area contributed by atoms with Gasteiger partial charge in [-0.05, 0) is 49.1 Å². The highest BCUT2D eigenvalue weighted by Crippen LogP contribution is 2.36. The lowest BCUT2D eigenvalue weighted by Gasteiger charge is -2.33. The van der Waals surface area contributed by atoms with Crippen LogP contribution in [0.5, 0.6) is 0 Å². The summed E-state index contributed by atoms with van der Waals surface area (Å²) < 4.78 is 29.9. The van der Waals surface area contributed by atoms with Crippen molar-refractivity contribution in [1.82, 2.24) is 24.5 Å². The SMILES string of the molecule is CCn1cc(S(=O)(=O)NC2CCN(c3ncnc4c3C=C(c3ccc(Cl)cc3)C4)CC2)cn1. The molecule has 172 valence electrons. The average Bonchev–Trinajstić information content (AvgIpc) is 3.47. The molecule has 10 heteroatoms. The lowest BCUT2D eigenvalue weighted by Crippen LogP contribution is -2.45. The van der Waals surface area contributed by atoms with Crippen LogP contribution in [0.25, 0.3) is 11.6 Å². The number of fused-ring (bicyclic) bond motifs is 1. The van der Waals surface area contributed by atoms with Crippen LogP contribution in [-0.2, 0) is 23.0 Å². The molecular formula is C23H25ClN6O2S. The monoisotopic (exact) mass is 484 g/mol. The van der Waals surface area contributed by atoms with Gasteiger partial charge in [-0.25, -0.2) is 23.1 Å². The molecule has 1 aliphatic heterocycles. The van der Waals surface area contributed by atoms with Crippen molar-refractivity contribution in [2.45, 2.75) is 43.7 Å². The molecule has 1 N–H and O–H groups in total. The van der Waals surface area contributed by atoms with E-state index in [0.717, 1.165) is 42.1 Å². The number of aryl methyl sites for hydroxylation is 1. The van der Waals surface area contributed by atoms with Gasteiger partial charge in [-0.1, -0.05) is 23.7 Å². The Kier molecular flexibility index (Phi) is 5.94. The molecule has 3 aromatic rings. The smallest absolute Gasteiger partial charge is 0.243 e. The molecule has 0 unspecified atom stereocenters. The Morgan fingerprint density at radius 2 is 1.91 bits per heavy atom. The van der Waals surface area contributed by atoms with Crippen LogP contribution in [0.2, 0.25) is 5.02 Å². The van der Waals surface area contributed by atoms with Crippen LogP contribution < -0.4 is 9.62 Å². The van der Waals surface area contributed by atoms with E-state index in [0.29, 0.717) is 24.4 Å². The van der Waals surface area contributed by atoms with Crippen LogP contribution >= 0.6 is 11.6 Å². The Hall–Kier alpha value is -2.75. The van der Waals surface area contributed by atoms with E-state index in [4.69, 9.17) is 11.6 Å². The van der Waals surface area contributed by atoms with Crippen molar-refractivity contribution in [3.05, 3.63) is 64.8 Å². The van der Waals surface area contributed by atoms with Crippen molar-refractivity contribution in [3.8, 4) is 0 Å². The van der Waals surface area contributed by atoms with E-state index >= 15 is 0 Å². The summed E-state index contributed by atoms with van der Waals surface area (Å²) >= 11 is 6.03. The molecule has 2 aromatic heterocycles. The third kappa shape index (κ3) is 4.53. The largest absolute Gasteiger partial charge is 0.356 e. The molecule has 5 rings (SSSR count). The molecule has 0 bridgehead atoms. The summed E-state index contributed by atoms with van der Waals surface area (Å²) in [4.78, 5) is 11.5. The summed E-state index contributed by atoms with van der Waals surface area (Å²) in [5.41, 5.74) is 4.38. The Labute approximate surface area is 198 Å². The van der Waals surface area contributed by atoms with E-state index in [-0.39, 0.29) is 10.9 Å². The van der Waals surface area contributed by atoms with Gasteiger partial charge in [-0.3, -0.25) is 4.68 Å². The maximum Gasteiger partial charge on any atom is 0.243 e. The van der Waals surface area contributed by atoms with Crippen LogP contribution in [0.1, 0.15) is 36.6 Å². The highest BCUT2D eigenvalue weighted by Gasteiger charge is 2.28. The number of halogens is 1. The standard InChI is InChI=1S/C23H25ClN6O2S/c1-2-30-14-20(13-27-30)33(31,32)28-19-7-9-29(10-8-19)23-21-11-17(12-22(21)25-15-26-23)16-3-5-18(24)6-4-16/h3-6,11,13-15,19,28H,2,7-10,12H2,1H3. The fraction of sp³-hybridized carbons (Fsp3) is 0.348. The van der Waals surface area contributed by atoms with Gasteiger partial charge in [-0.15, -0.1) is 0 Å². The number of nitrogens with one attached hydrogen (secondary N) is 1. The van der Waals surface area contributed by atoms with Gasteiger partial charge in [0.2, 0.25) is 10.0 Å². The van der Waals surface area contributed by atoms with Crippen molar-refractivity contribution >= 4 is 39.1 Å². The second kappa shape index (κ2) is 8.89. The minimum Gasteiger partial charge on any atom is -0.356 e. The number of rotatable bonds is 6. The number of hydrogen-bond donors (Lipinski definition) is 1. The van der Waals surface area contributed by atoms with Crippen LogP contribution in [0.15, 0.2) is 47.9 Å². The molecule has 33 heavy (non-hydrogen) atoms. The number of nitrogens with zero attached hydrogens (tertiary/aromatic N) is 5. The summed E-state index contributed by atoms with van der Waals surface area (Å²) in [6.07, 6.45) is 8.90. The Morgan fingerprint density at radius 1 is 1.15 bits per heavy atom. The van der Waals surface area contributed by atoms with Gasteiger partial charge in [0.25, 0.3) is 0 Å². The lowest BCUT2D eigenvalue weighted by molar-refractivity contribution is 0.458. The van der Waals surface area contributed by atoms with Gasteiger partial charge in [0.15, 0.2) is 0 Å². The fourth-order valence-electron chi connectivity index (χ4n) is 4.37. The van der Waals surface area contributed by atoms with E-state index in [1.54, 1.807) is 17.2 Å². The van der Waals surface area contributed by atoms with Crippen LogP contribution in [0.3, 0.4) is 0 Å². The van der Waals surface area contributed by atoms with Crippen LogP contribution in [0, 0.1) is 0 Å². The van der Waals surface area contributed by atoms with Gasteiger partial charge in [0.1, 0.15) is 17.0 Å². The van der Waals surface area contributed by atoms with Gasteiger partial charge in [0, 0.05) is 48.9 Å². The summed E-state index contributed by atoms with van der Waals surface area (Å²) in [6, 6.07) is 7.72. The van der Waals surface area contributed by atoms with Crippen molar-refractivity contribution < 1.29 is 8.42 Å². The highest BCUT2D eigenvalue weighted by molar-refractivity contribution is 7.89. The maximum absolute atomic E-state index is 12.7. The fourth-order valence-corrected chi connectivity index (χ4v) is 5.75. The Morgan fingerprint density at radius 3 is 2.61 bits per heavy atom. The third-order valence-electron chi connectivity index (χ3n) is 6.20. The topological polar surface area (TPSA) is 93.0 Å². The molecule has 1 fully saturated rings. The number of hydrogen-bond acceptors (Lipinski definition) is 6. The first-order valence-corrected chi connectivity index (χ1v) is 12.9. The number of aromatic nitrogens is 4. The first-order chi connectivity index (χ1) is 15.9. The van der Waals surface area contributed by atoms with E-state index in [9.17, 15) is 8.42 Å². The van der Waals surface area contributed by atoms with E-state index in [1.165, 1.54) is 11.8 Å². The second-order valence-electron chi connectivity index (χ2n) is 8.33. The molecule has 0 radical (unpaired) electrons. The quantitative estimate of drug-likeness (QED) is 0.576. The number of benzene rings is 1. The number of anilines is 1. The van der Waals surface area contributed by atoms with E-state index in [1.807, 2.05) is 31.2 Å². The van der Waals surface area contributed by atoms with E-state index < -0.39 is 10.0 Å². The molecule has 0 atom stereocenters. The van der Waals surface area contributed by atoms with Gasteiger partial charge >= 0.3 is 0 Å². The zero-order valence-corrected chi connectivity index (χ0v) is 19.8. The predicted octanol–water partition coefficient (Wildman–Crippen LogP) is 3.39. The zero-order chi connectivity index (χ0) is 23.0. The zero-order valence-electron chi connectivity index (χ0n) is 18.3. The number of sulfonamides is 1. The minimum absolute atomic E-state index is 0.119. The molecular weight excluding hydrogens is 460 g/mol. The molecule has 2 aliphatic rings. The van der Waals surface area contributed by atoms with Crippen molar-refractivity contribution in [1.29, 1.82) is 0 Å². The predicted molar refractivity (Wildman–Crippen MR) is 129 cm³/mol. The maximum atomic E-state index is 12.7. The summed E-state index contributed by atoms with van der Waals surface area (Å²) in [7, 11) is -3.58. The molecule has 1 saturated heterocycles. The molecule has 0 spiro atoms. The van der Waals surface area contributed by atoms with Crippen molar-refractivity contribution in [3.63, 3.8) is 0 Å². The van der Waals surface area contributed by atoms with Gasteiger partial charge < -0.3 is 4.90 Å². The van der Waals surface area contributed by atoms with Crippen LogP contribution in [-0.4, -0.2) is 47.3 Å². The first kappa shape index (κ1) is 22.1. The van der Waals surface area contributed by atoms with Gasteiger partial charge in [-0.2, -0.15) is 5.10 Å². The molecule has 1 aromatic carbocycles. The van der Waals surface area contributed by atoms with E-state index in [2.05, 4.69) is 30.8 Å². The molecule has 0 saturated carbocycles. The van der Waals surface area contributed by atoms with Gasteiger partial charge in [0.05, 0.1) is 11.9 Å². The highest BCUT2D eigenvalue weighted by atomic mass is 35.5. The Bertz CT molecular complexity index is 1290.